The number of carbonyl (C=O) groups is 1. The summed E-state index contributed by atoms with van der Waals surface area (Å²) in [7, 11) is 0. The summed E-state index contributed by atoms with van der Waals surface area (Å²) in [5, 5.41) is 2.81. The second-order valence-electron chi connectivity index (χ2n) is 5.56. The highest BCUT2D eigenvalue weighted by Crippen LogP contribution is 2.14. The first kappa shape index (κ1) is 16.1. The number of carbonyl (C=O) groups excluding carboxylic acids is 1. The summed E-state index contributed by atoms with van der Waals surface area (Å²) in [6.45, 7) is 10.0. The van der Waals surface area contributed by atoms with Crippen LogP contribution in [-0.4, -0.2) is 21.2 Å². The molecule has 0 bridgehead atoms. The molecule has 0 aliphatic rings. The Labute approximate surface area is 120 Å². The van der Waals surface area contributed by atoms with Gasteiger partial charge in [-0.1, -0.05) is 0 Å². The molecule has 1 aromatic rings. The predicted octanol–water partition coefficient (Wildman–Crippen LogP) is 2.88. The van der Waals surface area contributed by atoms with Crippen LogP contribution in [0, 0.1) is 11.8 Å². The van der Waals surface area contributed by atoms with Gasteiger partial charge in [0.05, 0.1) is 24.3 Å². The quantitative estimate of drug-likeness (QED) is 0.861. The highest BCUT2D eigenvalue weighted by Gasteiger charge is 2.19. The Bertz CT molecular complexity index is 503. The van der Waals surface area contributed by atoms with Crippen LogP contribution in [0.5, 0.6) is 0 Å². The van der Waals surface area contributed by atoms with Crippen LogP contribution in [-0.2, 0) is 11.3 Å². The van der Waals surface area contributed by atoms with Gasteiger partial charge in [0.1, 0.15) is 5.60 Å². The molecule has 0 unspecified atom stereocenters. The molecule has 0 saturated heterocycles. The first-order valence-electron chi connectivity index (χ1n) is 6.72. The van der Waals surface area contributed by atoms with Crippen molar-refractivity contribution in [2.75, 3.05) is 0 Å². The maximum atomic E-state index is 11.8. The normalized spacial score (nSPS) is 12.2. The van der Waals surface area contributed by atoms with Crippen molar-refractivity contribution in [3.63, 3.8) is 0 Å². The number of nitrogens with one attached hydrogen (secondary N) is 1. The topological polar surface area (TPSA) is 56.2 Å². The molecule has 0 aliphatic heterocycles. The second kappa shape index (κ2) is 6.99. The van der Waals surface area contributed by atoms with Crippen molar-refractivity contribution in [2.45, 2.75) is 59.2 Å². The van der Waals surface area contributed by atoms with Crippen LogP contribution in [0.1, 0.15) is 52.8 Å². The van der Waals surface area contributed by atoms with Crippen molar-refractivity contribution < 1.29 is 9.53 Å². The minimum atomic E-state index is -0.499. The average Bonchev–Trinajstić information content (AvgIpc) is 2.75. The van der Waals surface area contributed by atoms with E-state index in [1.54, 1.807) is 12.5 Å². The first-order valence-corrected chi connectivity index (χ1v) is 6.72. The van der Waals surface area contributed by atoms with Gasteiger partial charge in [-0.3, -0.25) is 0 Å². The summed E-state index contributed by atoms with van der Waals surface area (Å²) in [6.07, 6.45) is 3.84. The van der Waals surface area contributed by atoms with Crippen molar-refractivity contribution in [1.29, 1.82) is 0 Å². The largest absolute Gasteiger partial charge is 0.444 e. The molecular formula is C15H23N3O2. The lowest BCUT2D eigenvalue weighted by Crippen LogP contribution is -2.34. The lowest BCUT2D eigenvalue weighted by atomic mass is 10.2. The third-order valence-corrected chi connectivity index (χ3v) is 2.58. The zero-order valence-corrected chi connectivity index (χ0v) is 12.9. The lowest BCUT2D eigenvalue weighted by Gasteiger charge is -2.22. The number of hydrogen-bond donors (Lipinski definition) is 1. The van der Waals surface area contributed by atoms with Gasteiger partial charge in [-0.05, 0) is 34.6 Å². The molecule has 1 amide bonds. The minimum absolute atomic E-state index is 0.165. The fourth-order valence-corrected chi connectivity index (χ4v) is 1.74. The number of imidazole rings is 1. The van der Waals surface area contributed by atoms with Crippen LogP contribution >= 0.6 is 0 Å². The number of alkyl carbamates (subject to hydrolysis) is 1. The van der Waals surface area contributed by atoms with Crippen LogP contribution < -0.4 is 5.32 Å². The molecule has 0 fully saturated rings. The smallest absolute Gasteiger partial charge is 0.408 e. The van der Waals surface area contributed by atoms with Crippen LogP contribution in [0.25, 0.3) is 0 Å². The zero-order valence-electron chi connectivity index (χ0n) is 12.9. The molecule has 1 aromatic heterocycles. The van der Waals surface area contributed by atoms with Crippen LogP contribution in [0.15, 0.2) is 12.5 Å². The molecule has 20 heavy (non-hydrogen) atoms. The SMILES string of the molecule is CC#CCCn1cncc1[C@H](C)NC(=O)OC(C)(C)C. The molecule has 0 saturated carbocycles. The Morgan fingerprint density at radius 3 is 2.85 bits per heavy atom. The highest BCUT2D eigenvalue weighted by atomic mass is 16.6. The van der Waals surface area contributed by atoms with Crippen LogP contribution in [0.2, 0.25) is 0 Å². The van der Waals surface area contributed by atoms with E-state index < -0.39 is 11.7 Å². The molecule has 1 atom stereocenters. The molecule has 0 spiro atoms. The zero-order chi connectivity index (χ0) is 15.2. The third-order valence-electron chi connectivity index (χ3n) is 2.58. The van der Waals surface area contributed by atoms with Gasteiger partial charge in [0, 0.05) is 13.0 Å². The van der Waals surface area contributed by atoms with E-state index in [1.165, 1.54) is 0 Å². The fourth-order valence-electron chi connectivity index (χ4n) is 1.74. The average molecular weight is 277 g/mol. The van der Waals surface area contributed by atoms with Gasteiger partial charge in [-0.2, -0.15) is 0 Å². The molecule has 5 heteroatoms. The summed E-state index contributed by atoms with van der Waals surface area (Å²) < 4.78 is 7.24. The van der Waals surface area contributed by atoms with Gasteiger partial charge in [0.15, 0.2) is 0 Å². The molecule has 110 valence electrons. The summed E-state index contributed by atoms with van der Waals surface area (Å²) in [6, 6.07) is -0.165. The van der Waals surface area contributed by atoms with Crippen molar-refractivity contribution in [3.8, 4) is 11.8 Å². The maximum Gasteiger partial charge on any atom is 0.408 e. The molecule has 0 aromatic carbocycles. The number of hydrogen-bond acceptors (Lipinski definition) is 3. The van der Waals surface area contributed by atoms with Crippen LogP contribution in [0.4, 0.5) is 4.79 Å². The third kappa shape index (κ3) is 5.35. The second-order valence-corrected chi connectivity index (χ2v) is 5.56. The fraction of sp³-hybridized carbons (Fsp3) is 0.600. The Morgan fingerprint density at radius 2 is 2.25 bits per heavy atom. The van der Waals surface area contributed by atoms with Crippen molar-refractivity contribution in [2.24, 2.45) is 0 Å². The van der Waals surface area contributed by atoms with E-state index in [0.717, 1.165) is 18.7 Å². The monoisotopic (exact) mass is 277 g/mol. The Kier molecular flexibility index (Phi) is 5.63. The number of nitrogens with zero attached hydrogens (tertiary/aromatic N) is 2. The molecule has 1 rings (SSSR count). The van der Waals surface area contributed by atoms with E-state index in [2.05, 4.69) is 22.1 Å². The summed E-state index contributed by atoms with van der Waals surface area (Å²) >= 11 is 0. The van der Waals surface area contributed by atoms with Crippen LogP contribution in [0.3, 0.4) is 0 Å². The van der Waals surface area contributed by atoms with E-state index in [9.17, 15) is 4.79 Å². The van der Waals surface area contributed by atoms with Gasteiger partial charge in [0.25, 0.3) is 0 Å². The summed E-state index contributed by atoms with van der Waals surface area (Å²) in [5.41, 5.74) is 0.439. The van der Waals surface area contributed by atoms with E-state index >= 15 is 0 Å². The maximum absolute atomic E-state index is 11.8. The number of ether oxygens (including phenoxy) is 1. The molecular weight excluding hydrogens is 254 g/mol. The van der Waals surface area contributed by atoms with E-state index in [-0.39, 0.29) is 6.04 Å². The standard InChI is InChI=1S/C15H23N3O2/c1-6-7-8-9-18-11-16-10-13(18)12(2)17-14(19)20-15(3,4)5/h10-12H,8-9H2,1-5H3,(H,17,19)/t12-/m0/s1. The van der Waals surface area contributed by atoms with Crippen molar-refractivity contribution >= 4 is 6.09 Å². The first-order chi connectivity index (χ1) is 9.33. The Morgan fingerprint density at radius 1 is 1.55 bits per heavy atom. The van der Waals surface area contributed by atoms with Gasteiger partial charge in [0.2, 0.25) is 0 Å². The van der Waals surface area contributed by atoms with Gasteiger partial charge in [-0.15, -0.1) is 11.8 Å². The number of amides is 1. The number of aryl methyl sites for hydroxylation is 1. The lowest BCUT2D eigenvalue weighted by molar-refractivity contribution is 0.0506. The van der Waals surface area contributed by atoms with Gasteiger partial charge < -0.3 is 14.6 Å². The number of aromatic nitrogens is 2. The van der Waals surface area contributed by atoms with Gasteiger partial charge >= 0.3 is 6.09 Å². The Balaban J connectivity index is 2.63. The molecule has 0 aliphatic carbocycles. The minimum Gasteiger partial charge on any atom is -0.444 e. The van der Waals surface area contributed by atoms with E-state index in [0.29, 0.717) is 0 Å². The van der Waals surface area contributed by atoms with E-state index in [1.807, 2.05) is 39.2 Å². The van der Waals surface area contributed by atoms with Crippen molar-refractivity contribution in [1.82, 2.24) is 14.9 Å². The van der Waals surface area contributed by atoms with E-state index in [4.69, 9.17) is 4.74 Å². The summed E-state index contributed by atoms with van der Waals surface area (Å²) in [4.78, 5) is 15.9. The number of rotatable bonds is 4. The highest BCUT2D eigenvalue weighted by molar-refractivity contribution is 5.68. The predicted molar refractivity (Wildman–Crippen MR) is 78.1 cm³/mol. The molecule has 1 N–H and O–H groups in total. The van der Waals surface area contributed by atoms with Crippen molar-refractivity contribution in [3.05, 3.63) is 18.2 Å². The molecule has 1 heterocycles. The summed E-state index contributed by atoms with van der Waals surface area (Å²) in [5.74, 6) is 5.88. The molecule has 5 nitrogen and oxygen atoms in total. The Hall–Kier alpha value is -1.96. The molecule has 0 radical (unpaired) electrons. The van der Waals surface area contributed by atoms with Gasteiger partial charge in [-0.25, -0.2) is 9.78 Å².